The van der Waals surface area contributed by atoms with E-state index in [9.17, 15) is 19.3 Å². The van der Waals surface area contributed by atoms with Crippen LogP contribution in [-0.2, 0) is 0 Å². The zero-order chi connectivity index (χ0) is 17.3. The molecular formula is C15H10FN3O4S. The second-order valence-corrected chi connectivity index (χ2v) is 5.74. The van der Waals surface area contributed by atoms with E-state index in [0.717, 1.165) is 11.3 Å². The maximum atomic E-state index is 13.6. The van der Waals surface area contributed by atoms with E-state index in [1.807, 2.05) is 0 Å². The maximum Gasteiger partial charge on any atom is 0.274 e. The highest BCUT2D eigenvalue weighted by atomic mass is 32.1. The fourth-order valence-electron chi connectivity index (χ4n) is 2.11. The summed E-state index contributed by atoms with van der Waals surface area (Å²) in [5.41, 5.74) is 0.126. The Bertz CT molecular complexity index is 957. The molecule has 1 aromatic heterocycles. The molecule has 1 heterocycles. The molecule has 0 spiro atoms. The number of ether oxygens (including phenoxy) is 1. The lowest BCUT2D eigenvalue weighted by atomic mass is 10.2. The van der Waals surface area contributed by atoms with Gasteiger partial charge in [-0.15, -0.1) is 0 Å². The van der Waals surface area contributed by atoms with Gasteiger partial charge in [0.2, 0.25) is 0 Å². The second-order valence-electron chi connectivity index (χ2n) is 4.70. The number of nitrogens with one attached hydrogen (secondary N) is 1. The van der Waals surface area contributed by atoms with Gasteiger partial charge in [-0.2, -0.15) is 0 Å². The number of methoxy groups -OCH3 is 1. The number of nitro groups is 1. The summed E-state index contributed by atoms with van der Waals surface area (Å²) in [7, 11) is 1.37. The van der Waals surface area contributed by atoms with Gasteiger partial charge in [0.15, 0.2) is 10.9 Å². The Morgan fingerprint density at radius 2 is 2.12 bits per heavy atom. The third-order valence-corrected chi connectivity index (χ3v) is 4.13. The summed E-state index contributed by atoms with van der Waals surface area (Å²) in [5.74, 6) is -1.08. The summed E-state index contributed by atoms with van der Waals surface area (Å²) in [5, 5.41) is 13.6. The molecule has 0 aliphatic heterocycles. The molecular weight excluding hydrogens is 337 g/mol. The van der Waals surface area contributed by atoms with Crippen LogP contribution in [-0.4, -0.2) is 22.9 Å². The van der Waals surface area contributed by atoms with Crippen molar-refractivity contribution >= 4 is 38.3 Å². The minimum atomic E-state index is -0.652. The highest BCUT2D eigenvalue weighted by Gasteiger charge is 2.18. The number of hydrogen-bond donors (Lipinski definition) is 1. The van der Waals surface area contributed by atoms with Crippen LogP contribution in [0, 0.1) is 15.9 Å². The van der Waals surface area contributed by atoms with Crippen LogP contribution >= 0.6 is 11.3 Å². The maximum absolute atomic E-state index is 13.6. The van der Waals surface area contributed by atoms with Gasteiger partial charge in [0.1, 0.15) is 11.3 Å². The van der Waals surface area contributed by atoms with Gasteiger partial charge in [-0.3, -0.25) is 20.2 Å². The molecule has 1 amide bonds. The largest absolute Gasteiger partial charge is 0.494 e. The summed E-state index contributed by atoms with van der Waals surface area (Å²) in [4.78, 5) is 26.7. The lowest BCUT2D eigenvalue weighted by molar-refractivity contribution is -0.384. The minimum absolute atomic E-state index is 0.116. The molecule has 0 aliphatic carbocycles. The third-order valence-electron chi connectivity index (χ3n) is 3.21. The van der Waals surface area contributed by atoms with E-state index in [4.69, 9.17) is 4.74 Å². The van der Waals surface area contributed by atoms with Crippen molar-refractivity contribution in [2.45, 2.75) is 0 Å². The summed E-state index contributed by atoms with van der Waals surface area (Å²) < 4.78 is 19.2. The standard InChI is InChI=1S/C15H10FN3O4S/c1-23-11-6-8(19(21)22)7-12-13(11)17-15(24-12)18-14(20)9-4-2-3-5-10(9)16/h2-7H,1H3,(H,17,18,20). The van der Waals surface area contributed by atoms with E-state index in [1.54, 1.807) is 6.07 Å². The molecule has 0 unspecified atom stereocenters. The summed E-state index contributed by atoms with van der Waals surface area (Å²) in [6.07, 6.45) is 0. The van der Waals surface area contributed by atoms with E-state index in [-0.39, 0.29) is 22.1 Å². The summed E-state index contributed by atoms with van der Waals surface area (Å²) in [6, 6.07) is 8.15. The average Bonchev–Trinajstić information content (AvgIpc) is 2.96. The van der Waals surface area contributed by atoms with Gasteiger partial charge in [0, 0.05) is 6.07 Å². The topological polar surface area (TPSA) is 94.4 Å². The van der Waals surface area contributed by atoms with Crippen molar-refractivity contribution in [2.75, 3.05) is 12.4 Å². The molecule has 122 valence electrons. The first-order valence-corrected chi connectivity index (χ1v) is 7.50. The van der Waals surface area contributed by atoms with Crippen LogP contribution in [0.15, 0.2) is 36.4 Å². The number of nitro benzene ring substituents is 1. The molecule has 0 radical (unpaired) electrons. The number of amides is 1. The Morgan fingerprint density at radius 3 is 2.79 bits per heavy atom. The predicted molar refractivity (Wildman–Crippen MR) is 87.2 cm³/mol. The van der Waals surface area contributed by atoms with Gasteiger partial charge in [0.05, 0.1) is 28.4 Å². The van der Waals surface area contributed by atoms with Crippen LogP contribution in [0.25, 0.3) is 10.2 Å². The number of carbonyl (C=O) groups is 1. The fourth-order valence-corrected chi connectivity index (χ4v) is 3.02. The third kappa shape index (κ3) is 2.88. The first-order chi connectivity index (χ1) is 11.5. The Labute approximate surface area is 138 Å². The van der Waals surface area contributed by atoms with Crippen LogP contribution < -0.4 is 10.1 Å². The van der Waals surface area contributed by atoms with Gasteiger partial charge in [0.25, 0.3) is 11.6 Å². The lowest BCUT2D eigenvalue weighted by Gasteiger charge is -2.02. The van der Waals surface area contributed by atoms with E-state index < -0.39 is 16.6 Å². The highest BCUT2D eigenvalue weighted by molar-refractivity contribution is 7.22. The molecule has 7 nitrogen and oxygen atoms in total. The molecule has 0 fully saturated rings. The van der Waals surface area contributed by atoms with Crippen molar-refractivity contribution in [2.24, 2.45) is 0 Å². The fraction of sp³-hybridized carbons (Fsp3) is 0.0667. The first-order valence-electron chi connectivity index (χ1n) is 6.68. The van der Waals surface area contributed by atoms with E-state index in [0.29, 0.717) is 10.2 Å². The number of thiazole rings is 1. The molecule has 3 rings (SSSR count). The predicted octanol–water partition coefficient (Wildman–Crippen LogP) is 3.60. The van der Waals surface area contributed by atoms with Crippen molar-refractivity contribution in [1.29, 1.82) is 0 Å². The van der Waals surface area contributed by atoms with Crippen molar-refractivity contribution in [3.05, 3.63) is 57.9 Å². The number of aromatic nitrogens is 1. The van der Waals surface area contributed by atoms with Crippen molar-refractivity contribution in [1.82, 2.24) is 4.98 Å². The van der Waals surface area contributed by atoms with E-state index in [2.05, 4.69) is 10.3 Å². The van der Waals surface area contributed by atoms with Crippen LogP contribution in [0.1, 0.15) is 10.4 Å². The van der Waals surface area contributed by atoms with Gasteiger partial charge in [-0.05, 0) is 12.1 Å². The number of fused-ring (bicyclic) bond motifs is 1. The van der Waals surface area contributed by atoms with Crippen LogP contribution in [0.3, 0.4) is 0 Å². The molecule has 0 saturated heterocycles. The Morgan fingerprint density at radius 1 is 1.38 bits per heavy atom. The van der Waals surface area contributed by atoms with Gasteiger partial charge in [-0.25, -0.2) is 9.37 Å². The molecule has 0 saturated carbocycles. The number of benzene rings is 2. The molecule has 3 aromatic rings. The van der Waals surface area contributed by atoms with Crippen LogP contribution in [0.5, 0.6) is 5.75 Å². The molecule has 2 aromatic carbocycles. The molecule has 0 aliphatic rings. The Balaban J connectivity index is 1.98. The number of carbonyl (C=O) groups excluding carboxylic acids is 1. The monoisotopic (exact) mass is 347 g/mol. The van der Waals surface area contributed by atoms with Crippen LogP contribution in [0.4, 0.5) is 15.2 Å². The molecule has 24 heavy (non-hydrogen) atoms. The molecule has 1 N–H and O–H groups in total. The number of nitrogens with zero attached hydrogens (tertiary/aromatic N) is 2. The van der Waals surface area contributed by atoms with E-state index >= 15 is 0 Å². The molecule has 9 heteroatoms. The summed E-state index contributed by atoms with van der Waals surface area (Å²) in [6.45, 7) is 0. The quantitative estimate of drug-likeness (QED) is 0.575. The van der Waals surface area contributed by atoms with Crippen molar-refractivity contribution in [3.63, 3.8) is 0 Å². The molecule has 0 bridgehead atoms. The normalized spacial score (nSPS) is 10.6. The van der Waals surface area contributed by atoms with Crippen molar-refractivity contribution in [3.8, 4) is 5.75 Å². The van der Waals surface area contributed by atoms with Crippen LogP contribution in [0.2, 0.25) is 0 Å². The van der Waals surface area contributed by atoms with Gasteiger partial charge in [-0.1, -0.05) is 23.5 Å². The smallest absolute Gasteiger partial charge is 0.274 e. The lowest BCUT2D eigenvalue weighted by Crippen LogP contribution is -2.13. The van der Waals surface area contributed by atoms with Gasteiger partial charge >= 0.3 is 0 Å². The van der Waals surface area contributed by atoms with Gasteiger partial charge < -0.3 is 4.74 Å². The number of hydrogen-bond acceptors (Lipinski definition) is 6. The number of anilines is 1. The Kier molecular flexibility index (Phi) is 4.09. The Hall–Kier alpha value is -3.07. The number of halogens is 1. The second kappa shape index (κ2) is 6.20. The first kappa shape index (κ1) is 15.8. The number of non-ortho nitro benzene ring substituents is 1. The zero-order valence-corrected chi connectivity index (χ0v) is 13.1. The molecule has 0 atom stereocenters. The summed E-state index contributed by atoms with van der Waals surface area (Å²) >= 11 is 1.04. The average molecular weight is 347 g/mol. The number of rotatable bonds is 4. The highest BCUT2D eigenvalue weighted by Crippen LogP contribution is 2.36. The van der Waals surface area contributed by atoms with Crippen molar-refractivity contribution < 1.29 is 18.8 Å². The van der Waals surface area contributed by atoms with E-state index in [1.165, 1.54) is 37.4 Å². The zero-order valence-electron chi connectivity index (χ0n) is 12.3. The SMILES string of the molecule is COc1cc([N+](=O)[O-])cc2sc(NC(=O)c3ccccc3F)nc12. The minimum Gasteiger partial charge on any atom is -0.494 e.